The summed E-state index contributed by atoms with van der Waals surface area (Å²) in [5.74, 6) is 0.309. The van der Waals surface area contributed by atoms with Gasteiger partial charge in [0.05, 0.1) is 0 Å². The fraction of sp³-hybridized carbons (Fsp3) is 0.364. The fourth-order valence-electron chi connectivity index (χ4n) is 1.46. The van der Waals surface area contributed by atoms with Crippen LogP contribution in [0.4, 0.5) is 0 Å². The first-order chi connectivity index (χ1) is 8.58. The number of aromatic nitrogens is 3. The van der Waals surface area contributed by atoms with Crippen molar-refractivity contribution in [3.8, 4) is 5.75 Å². The normalized spacial score (nSPS) is 10.8. The molecule has 0 fully saturated rings. The fourth-order valence-corrected chi connectivity index (χ4v) is 2.13. The Morgan fingerprint density at radius 1 is 1.61 bits per heavy atom. The Morgan fingerprint density at radius 2 is 2.39 bits per heavy atom. The average molecular weight is 267 g/mol. The van der Waals surface area contributed by atoms with Crippen LogP contribution < -0.4 is 4.74 Å². The van der Waals surface area contributed by atoms with Gasteiger partial charge in [-0.05, 0) is 13.8 Å². The lowest BCUT2D eigenvalue weighted by Crippen LogP contribution is -2.10. The molecule has 2 rings (SSSR count). The summed E-state index contributed by atoms with van der Waals surface area (Å²) in [5.41, 5.74) is 0. The minimum atomic E-state index is -0.944. The molecule has 0 aromatic carbocycles. The van der Waals surface area contributed by atoms with E-state index in [9.17, 15) is 4.79 Å². The highest BCUT2D eigenvalue weighted by Crippen LogP contribution is 2.22. The van der Waals surface area contributed by atoms with Crippen molar-refractivity contribution in [3.63, 3.8) is 0 Å². The van der Waals surface area contributed by atoms with Gasteiger partial charge in [0.25, 0.3) is 0 Å². The number of hydrogen-bond acceptors (Lipinski definition) is 5. The summed E-state index contributed by atoms with van der Waals surface area (Å²) in [6.07, 6.45) is 1.48. The largest absolute Gasteiger partial charge is 0.485 e. The van der Waals surface area contributed by atoms with Crippen molar-refractivity contribution in [1.29, 1.82) is 0 Å². The number of carbonyl (C=O) groups is 1. The molecule has 6 nitrogen and oxygen atoms in total. The van der Waals surface area contributed by atoms with E-state index < -0.39 is 5.97 Å². The summed E-state index contributed by atoms with van der Waals surface area (Å²) in [6.45, 7) is 4.28. The molecule has 0 aliphatic heterocycles. The third-order valence-electron chi connectivity index (χ3n) is 2.29. The minimum Gasteiger partial charge on any atom is -0.485 e. The van der Waals surface area contributed by atoms with Crippen molar-refractivity contribution >= 4 is 17.3 Å². The van der Waals surface area contributed by atoms with Gasteiger partial charge in [0.1, 0.15) is 23.6 Å². The zero-order valence-corrected chi connectivity index (χ0v) is 10.8. The number of nitrogens with zero attached hydrogens (tertiary/aromatic N) is 3. The van der Waals surface area contributed by atoms with Gasteiger partial charge in [-0.15, -0.1) is 11.3 Å². The second-order valence-electron chi connectivity index (χ2n) is 3.96. The standard InChI is InChI=1S/C11H13N3O3S/c1-7(2)14-10(12-6-13-14)4-17-8-3-9(11(15)16)18-5-8/h3,5-7H,4H2,1-2H3,(H,15,16). The van der Waals surface area contributed by atoms with Crippen LogP contribution in [-0.2, 0) is 6.61 Å². The first-order valence-corrected chi connectivity index (χ1v) is 6.29. The summed E-state index contributed by atoms with van der Waals surface area (Å²) in [5, 5.41) is 14.6. The molecule has 0 radical (unpaired) electrons. The molecule has 0 unspecified atom stereocenters. The smallest absolute Gasteiger partial charge is 0.346 e. The van der Waals surface area contributed by atoms with E-state index in [0.717, 1.165) is 11.3 Å². The molecule has 7 heteroatoms. The Kier molecular flexibility index (Phi) is 3.61. The predicted molar refractivity (Wildman–Crippen MR) is 66.0 cm³/mol. The molecular formula is C11H13N3O3S. The van der Waals surface area contributed by atoms with Crippen molar-refractivity contribution < 1.29 is 14.6 Å². The third kappa shape index (κ3) is 2.67. The van der Waals surface area contributed by atoms with Crippen LogP contribution in [0.5, 0.6) is 5.75 Å². The molecule has 0 saturated heterocycles. The van der Waals surface area contributed by atoms with E-state index in [1.807, 2.05) is 13.8 Å². The maximum absolute atomic E-state index is 10.7. The molecule has 18 heavy (non-hydrogen) atoms. The lowest BCUT2D eigenvalue weighted by Gasteiger charge is -2.09. The van der Waals surface area contributed by atoms with Crippen LogP contribution in [0, 0.1) is 0 Å². The maximum atomic E-state index is 10.7. The van der Waals surface area contributed by atoms with Crippen LogP contribution in [0.2, 0.25) is 0 Å². The van der Waals surface area contributed by atoms with E-state index in [4.69, 9.17) is 9.84 Å². The van der Waals surface area contributed by atoms with Crippen molar-refractivity contribution in [3.05, 3.63) is 28.5 Å². The van der Waals surface area contributed by atoms with Gasteiger partial charge in [-0.25, -0.2) is 14.5 Å². The number of carboxylic acids is 1. The van der Waals surface area contributed by atoms with Gasteiger partial charge >= 0.3 is 5.97 Å². The minimum absolute atomic E-state index is 0.211. The molecule has 0 aliphatic carbocycles. The Hall–Kier alpha value is -1.89. The van der Waals surface area contributed by atoms with Gasteiger partial charge in [0, 0.05) is 17.5 Å². The first-order valence-electron chi connectivity index (χ1n) is 5.41. The number of aromatic carboxylic acids is 1. The lowest BCUT2D eigenvalue weighted by atomic mass is 10.4. The van der Waals surface area contributed by atoms with Crippen molar-refractivity contribution in [2.75, 3.05) is 0 Å². The summed E-state index contributed by atoms with van der Waals surface area (Å²) in [6, 6.07) is 1.71. The Labute approximate surface area is 108 Å². The third-order valence-corrected chi connectivity index (χ3v) is 3.19. The predicted octanol–water partition coefficient (Wildman–Crippen LogP) is 2.20. The van der Waals surface area contributed by atoms with E-state index in [0.29, 0.717) is 11.6 Å². The molecule has 0 atom stereocenters. The molecule has 0 saturated carbocycles. The Balaban J connectivity index is 2.02. The number of rotatable bonds is 5. The SMILES string of the molecule is CC(C)n1ncnc1COc1csc(C(=O)O)c1. The Morgan fingerprint density at radius 3 is 3.00 bits per heavy atom. The van der Waals surface area contributed by atoms with Gasteiger partial charge in [-0.3, -0.25) is 0 Å². The van der Waals surface area contributed by atoms with Crippen LogP contribution in [0.25, 0.3) is 0 Å². The van der Waals surface area contributed by atoms with Crippen LogP contribution >= 0.6 is 11.3 Å². The van der Waals surface area contributed by atoms with E-state index in [1.165, 1.54) is 12.4 Å². The molecule has 2 aromatic heterocycles. The number of hydrogen-bond donors (Lipinski definition) is 1. The summed E-state index contributed by atoms with van der Waals surface area (Å²) in [7, 11) is 0. The topological polar surface area (TPSA) is 77.2 Å². The highest BCUT2D eigenvalue weighted by atomic mass is 32.1. The average Bonchev–Trinajstić information content (AvgIpc) is 2.95. The van der Waals surface area contributed by atoms with Crippen LogP contribution in [0.1, 0.15) is 35.4 Å². The number of ether oxygens (including phenoxy) is 1. The Bertz CT molecular complexity index is 547. The summed E-state index contributed by atoms with van der Waals surface area (Å²) < 4.78 is 7.26. The molecule has 96 valence electrons. The maximum Gasteiger partial charge on any atom is 0.346 e. The highest BCUT2D eigenvalue weighted by Gasteiger charge is 2.10. The van der Waals surface area contributed by atoms with Crippen LogP contribution in [-0.4, -0.2) is 25.8 Å². The van der Waals surface area contributed by atoms with Gasteiger partial charge in [0.2, 0.25) is 0 Å². The zero-order valence-electron chi connectivity index (χ0n) is 10.0. The van der Waals surface area contributed by atoms with Crippen LogP contribution in [0.3, 0.4) is 0 Å². The zero-order chi connectivity index (χ0) is 13.1. The molecule has 0 aliphatic rings. The van der Waals surface area contributed by atoms with Gasteiger partial charge < -0.3 is 9.84 Å². The molecule has 0 amide bonds. The molecule has 1 N–H and O–H groups in total. The molecule has 0 bridgehead atoms. The number of thiophene rings is 1. The monoisotopic (exact) mass is 267 g/mol. The van der Waals surface area contributed by atoms with E-state index >= 15 is 0 Å². The van der Waals surface area contributed by atoms with Gasteiger partial charge in [-0.1, -0.05) is 0 Å². The molecule has 2 heterocycles. The van der Waals surface area contributed by atoms with Crippen molar-refractivity contribution in [2.45, 2.75) is 26.5 Å². The quantitative estimate of drug-likeness (QED) is 0.898. The van der Waals surface area contributed by atoms with E-state index in [1.54, 1.807) is 10.1 Å². The van der Waals surface area contributed by atoms with Crippen LogP contribution in [0.15, 0.2) is 17.8 Å². The van der Waals surface area contributed by atoms with E-state index in [-0.39, 0.29) is 17.5 Å². The van der Waals surface area contributed by atoms with Gasteiger partial charge in [0.15, 0.2) is 5.82 Å². The van der Waals surface area contributed by atoms with Crippen molar-refractivity contribution in [2.24, 2.45) is 0 Å². The second-order valence-corrected chi connectivity index (χ2v) is 4.87. The van der Waals surface area contributed by atoms with Gasteiger partial charge in [-0.2, -0.15) is 5.10 Å². The first kappa shape index (κ1) is 12.6. The molecule has 0 spiro atoms. The van der Waals surface area contributed by atoms with Crippen molar-refractivity contribution in [1.82, 2.24) is 14.8 Å². The second kappa shape index (κ2) is 5.18. The molecular weight excluding hydrogens is 254 g/mol. The lowest BCUT2D eigenvalue weighted by molar-refractivity contribution is 0.0702. The number of carboxylic acid groups (broad SMARTS) is 1. The highest BCUT2D eigenvalue weighted by molar-refractivity contribution is 7.12. The van der Waals surface area contributed by atoms with E-state index in [2.05, 4.69) is 10.1 Å². The summed E-state index contributed by atoms with van der Waals surface area (Å²) in [4.78, 5) is 15.1. The molecule has 2 aromatic rings. The summed E-state index contributed by atoms with van der Waals surface area (Å²) >= 11 is 1.14.